The Hall–Kier alpha value is -2.74. The lowest BCUT2D eigenvalue weighted by molar-refractivity contribution is -0.137. The number of carbonyl (C=O) groups excluding carboxylic acids is 1. The molecule has 0 radical (unpaired) electrons. The van der Waals surface area contributed by atoms with Gasteiger partial charge in [0, 0.05) is 38.3 Å². The van der Waals surface area contributed by atoms with Crippen molar-refractivity contribution in [2.75, 3.05) is 6.61 Å². The van der Waals surface area contributed by atoms with Gasteiger partial charge in [-0.05, 0) is 31.2 Å². The molecule has 0 unspecified atom stereocenters. The van der Waals surface area contributed by atoms with Crippen molar-refractivity contribution in [3.63, 3.8) is 0 Å². The van der Waals surface area contributed by atoms with Crippen LogP contribution in [-0.4, -0.2) is 17.1 Å². The summed E-state index contributed by atoms with van der Waals surface area (Å²) in [5, 5.41) is 11.4. The maximum absolute atomic E-state index is 11.9. The third kappa shape index (κ3) is 4.00. The molecule has 0 N–H and O–H groups in total. The summed E-state index contributed by atoms with van der Waals surface area (Å²) in [6, 6.07) is 15.0. The number of esters is 1. The second kappa shape index (κ2) is 8.30. The monoisotopic (exact) mass is 398 g/mol. The first-order valence-electron chi connectivity index (χ1n) is 8.34. The molecule has 1 heterocycles. The number of hydrogen-bond acceptors (Lipinski definition) is 3. The molecule has 0 saturated carbocycles. The minimum Gasteiger partial charge on any atom is -0.462 e. The molecule has 0 bridgehead atoms. The van der Waals surface area contributed by atoms with Crippen molar-refractivity contribution in [1.82, 2.24) is 4.57 Å². The molecule has 0 fully saturated rings. The van der Waals surface area contributed by atoms with Crippen LogP contribution in [0, 0.1) is 11.3 Å². The van der Waals surface area contributed by atoms with Gasteiger partial charge in [0.2, 0.25) is 0 Å². The fourth-order valence-corrected chi connectivity index (χ4v) is 3.39. The maximum Gasteiger partial charge on any atom is 0.348 e. The summed E-state index contributed by atoms with van der Waals surface area (Å²) in [6.07, 6.45) is 3.42. The Morgan fingerprint density at radius 3 is 2.56 bits per heavy atom. The Labute approximate surface area is 167 Å². The van der Waals surface area contributed by atoms with Gasteiger partial charge in [-0.15, -0.1) is 0 Å². The lowest BCUT2D eigenvalue weighted by Crippen LogP contribution is -2.05. The second-order valence-corrected chi connectivity index (χ2v) is 6.63. The highest BCUT2D eigenvalue weighted by molar-refractivity contribution is 6.36. The SMILES string of the molecule is CCOC(=O)C(C#N)=Cc1cn(Cc2c(Cl)cccc2Cl)c2ccccc12. The molecule has 4 nitrogen and oxygen atoms in total. The van der Waals surface area contributed by atoms with Crippen molar-refractivity contribution >= 4 is 46.2 Å². The van der Waals surface area contributed by atoms with E-state index in [-0.39, 0.29) is 12.2 Å². The molecule has 0 atom stereocenters. The standard InChI is InChI=1S/C21H16Cl2N2O2/c1-2-27-21(26)14(11-24)10-15-12-25(20-9-4-3-6-16(15)20)13-17-18(22)7-5-8-19(17)23/h3-10,12H,2,13H2,1H3. The molecule has 136 valence electrons. The van der Waals surface area contributed by atoms with E-state index >= 15 is 0 Å². The molecule has 0 spiro atoms. The molecule has 0 aliphatic carbocycles. The van der Waals surface area contributed by atoms with Gasteiger partial charge in [-0.3, -0.25) is 0 Å². The lowest BCUT2D eigenvalue weighted by Gasteiger charge is -2.09. The molecule has 27 heavy (non-hydrogen) atoms. The van der Waals surface area contributed by atoms with Crippen LogP contribution in [0.5, 0.6) is 0 Å². The summed E-state index contributed by atoms with van der Waals surface area (Å²) in [5.41, 5.74) is 2.46. The quantitative estimate of drug-likeness (QED) is 0.325. The number of aromatic nitrogens is 1. The van der Waals surface area contributed by atoms with Crippen LogP contribution in [0.3, 0.4) is 0 Å². The van der Waals surface area contributed by atoms with Crippen LogP contribution in [0.2, 0.25) is 10.0 Å². The zero-order valence-electron chi connectivity index (χ0n) is 14.6. The number of rotatable bonds is 5. The topological polar surface area (TPSA) is 55.0 Å². The summed E-state index contributed by atoms with van der Waals surface area (Å²) < 4.78 is 6.94. The van der Waals surface area contributed by atoms with E-state index in [1.807, 2.05) is 41.1 Å². The van der Waals surface area contributed by atoms with Crippen LogP contribution in [-0.2, 0) is 16.1 Å². The van der Waals surface area contributed by atoms with E-state index in [0.717, 1.165) is 22.0 Å². The largest absolute Gasteiger partial charge is 0.462 e. The van der Waals surface area contributed by atoms with Crippen LogP contribution in [0.15, 0.2) is 54.2 Å². The number of carbonyl (C=O) groups is 1. The Balaban J connectivity index is 2.09. The maximum atomic E-state index is 11.9. The summed E-state index contributed by atoms with van der Waals surface area (Å²) in [7, 11) is 0. The third-order valence-electron chi connectivity index (χ3n) is 4.13. The highest BCUT2D eigenvalue weighted by Gasteiger charge is 2.14. The fourth-order valence-electron chi connectivity index (χ4n) is 2.88. The summed E-state index contributed by atoms with van der Waals surface area (Å²) in [5.74, 6) is -0.633. The predicted octanol–water partition coefficient (Wildman–Crippen LogP) is 5.47. The molecule has 0 aliphatic heterocycles. The average Bonchev–Trinajstić information content (AvgIpc) is 3.00. The molecule has 1 aromatic heterocycles. The first-order chi connectivity index (χ1) is 13.0. The van der Waals surface area contributed by atoms with E-state index in [1.165, 1.54) is 0 Å². The Bertz CT molecular complexity index is 1060. The molecule has 2 aromatic carbocycles. The van der Waals surface area contributed by atoms with E-state index in [2.05, 4.69) is 0 Å². The van der Waals surface area contributed by atoms with Crippen molar-refractivity contribution in [2.45, 2.75) is 13.5 Å². The molecule has 0 saturated heterocycles. The third-order valence-corrected chi connectivity index (χ3v) is 4.83. The minimum atomic E-state index is -0.633. The van der Waals surface area contributed by atoms with Crippen LogP contribution >= 0.6 is 23.2 Å². The van der Waals surface area contributed by atoms with Gasteiger partial charge in [-0.1, -0.05) is 47.5 Å². The van der Waals surface area contributed by atoms with Crippen LogP contribution in [0.25, 0.3) is 17.0 Å². The number of nitrogens with zero attached hydrogens (tertiary/aromatic N) is 2. The van der Waals surface area contributed by atoms with Gasteiger partial charge in [0.25, 0.3) is 0 Å². The van der Waals surface area contributed by atoms with Gasteiger partial charge in [0.15, 0.2) is 0 Å². The van der Waals surface area contributed by atoms with Crippen molar-refractivity contribution in [2.24, 2.45) is 0 Å². The van der Waals surface area contributed by atoms with Crippen LogP contribution in [0.4, 0.5) is 0 Å². The molecule has 3 aromatic rings. The lowest BCUT2D eigenvalue weighted by atomic mass is 10.1. The van der Waals surface area contributed by atoms with Crippen LogP contribution in [0.1, 0.15) is 18.1 Å². The van der Waals surface area contributed by atoms with E-state index < -0.39 is 5.97 Å². The molecule has 0 amide bonds. The zero-order chi connectivity index (χ0) is 19.4. The summed E-state index contributed by atoms with van der Waals surface area (Å²) >= 11 is 12.6. The number of ether oxygens (including phenoxy) is 1. The highest BCUT2D eigenvalue weighted by atomic mass is 35.5. The minimum absolute atomic E-state index is 0.0458. The van der Waals surface area contributed by atoms with Gasteiger partial charge in [0.1, 0.15) is 11.6 Å². The van der Waals surface area contributed by atoms with Crippen molar-refractivity contribution in [3.05, 3.63) is 75.4 Å². The molecular weight excluding hydrogens is 383 g/mol. The van der Waals surface area contributed by atoms with Gasteiger partial charge >= 0.3 is 5.97 Å². The summed E-state index contributed by atoms with van der Waals surface area (Å²) in [4.78, 5) is 11.9. The van der Waals surface area contributed by atoms with Crippen molar-refractivity contribution in [3.8, 4) is 6.07 Å². The fraction of sp³-hybridized carbons (Fsp3) is 0.143. The van der Waals surface area contributed by atoms with Crippen molar-refractivity contribution in [1.29, 1.82) is 5.26 Å². The van der Waals surface area contributed by atoms with Crippen LogP contribution < -0.4 is 0 Å². The number of halogens is 2. The summed E-state index contributed by atoms with van der Waals surface area (Å²) in [6.45, 7) is 2.38. The normalized spacial score (nSPS) is 11.4. The van der Waals surface area contributed by atoms with E-state index in [4.69, 9.17) is 27.9 Å². The Morgan fingerprint density at radius 2 is 1.89 bits per heavy atom. The number of fused-ring (bicyclic) bond motifs is 1. The number of benzene rings is 2. The smallest absolute Gasteiger partial charge is 0.348 e. The van der Waals surface area contributed by atoms with Gasteiger partial charge in [-0.25, -0.2) is 4.79 Å². The van der Waals surface area contributed by atoms with E-state index in [1.54, 1.807) is 31.2 Å². The predicted molar refractivity (Wildman–Crippen MR) is 108 cm³/mol. The van der Waals surface area contributed by atoms with Gasteiger partial charge < -0.3 is 9.30 Å². The second-order valence-electron chi connectivity index (χ2n) is 5.82. The van der Waals surface area contributed by atoms with Gasteiger partial charge in [-0.2, -0.15) is 5.26 Å². The van der Waals surface area contributed by atoms with E-state index in [9.17, 15) is 10.1 Å². The zero-order valence-corrected chi connectivity index (χ0v) is 16.1. The van der Waals surface area contributed by atoms with Gasteiger partial charge in [0.05, 0.1) is 13.2 Å². The Morgan fingerprint density at radius 1 is 1.19 bits per heavy atom. The average molecular weight is 399 g/mol. The number of hydrogen-bond donors (Lipinski definition) is 0. The highest BCUT2D eigenvalue weighted by Crippen LogP contribution is 2.29. The molecule has 6 heteroatoms. The molecule has 0 aliphatic rings. The number of para-hydroxylation sites is 1. The first kappa shape index (κ1) is 19.0. The van der Waals surface area contributed by atoms with Crippen molar-refractivity contribution < 1.29 is 9.53 Å². The first-order valence-corrected chi connectivity index (χ1v) is 9.10. The molecule has 3 rings (SSSR count). The van der Waals surface area contributed by atoms with E-state index in [0.29, 0.717) is 16.6 Å². The number of nitriles is 1. The Kier molecular flexibility index (Phi) is 5.85. The molecular formula is C21H16Cl2N2O2.